The van der Waals surface area contributed by atoms with E-state index in [-0.39, 0.29) is 36.1 Å². The molecule has 1 heterocycles. The summed E-state index contributed by atoms with van der Waals surface area (Å²) in [6.07, 6.45) is 8.17. The molecule has 1 aliphatic rings. The lowest BCUT2D eigenvalue weighted by molar-refractivity contribution is 0.0490. The van der Waals surface area contributed by atoms with Crippen LogP contribution < -0.4 is 16.0 Å². The van der Waals surface area contributed by atoms with E-state index in [0.717, 1.165) is 51.2 Å². The third-order valence-electron chi connectivity index (χ3n) is 4.92. The highest BCUT2D eigenvalue weighted by molar-refractivity contribution is 14.0. The van der Waals surface area contributed by atoms with Gasteiger partial charge in [0.25, 0.3) is 0 Å². The minimum Gasteiger partial charge on any atom is -0.444 e. The first-order valence-corrected chi connectivity index (χ1v) is 10.7. The van der Waals surface area contributed by atoms with Crippen LogP contribution in [-0.4, -0.2) is 47.8 Å². The van der Waals surface area contributed by atoms with E-state index in [1.54, 1.807) is 0 Å². The highest BCUT2D eigenvalue weighted by Gasteiger charge is 2.25. The van der Waals surface area contributed by atoms with Crippen LogP contribution in [0.3, 0.4) is 0 Å². The van der Waals surface area contributed by atoms with Crippen molar-refractivity contribution in [2.24, 2.45) is 4.99 Å². The Bertz CT molecular complexity index is 682. The molecule has 0 aromatic carbocycles. The van der Waals surface area contributed by atoms with Crippen LogP contribution in [0.2, 0.25) is 0 Å². The summed E-state index contributed by atoms with van der Waals surface area (Å²) in [6.45, 7) is 11.4. The van der Waals surface area contributed by atoms with Gasteiger partial charge in [-0.05, 0) is 83.9 Å². The topological polar surface area (TPSA) is 87.6 Å². The van der Waals surface area contributed by atoms with Gasteiger partial charge in [0.05, 0.1) is 0 Å². The third kappa shape index (κ3) is 9.95. The van der Waals surface area contributed by atoms with Crippen molar-refractivity contribution >= 4 is 36.0 Å². The van der Waals surface area contributed by atoms with Gasteiger partial charge in [0.2, 0.25) is 0 Å². The zero-order chi connectivity index (χ0) is 21.3. The third-order valence-corrected chi connectivity index (χ3v) is 4.92. The van der Waals surface area contributed by atoms with E-state index in [0.29, 0.717) is 6.04 Å². The second-order valence-corrected chi connectivity index (χ2v) is 8.65. The number of aryl methyl sites for hydroxylation is 1. The number of hydrogen-bond acceptors (Lipinski definition) is 4. The molecule has 0 saturated heterocycles. The Kier molecular flexibility index (Phi) is 11.4. The zero-order valence-electron chi connectivity index (χ0n) is 19.0. The van der Waals surface area contributed by atoms with Crippen LogP contribution in [0.1, 0.15) is 64.5 Å². The first-order chi connectivity index (χ1) is 13.8. The molecule has 170 valence electrons. The van der Waals surface area contributed by atoms with Gasteiger partial charge in [-0.25, -0.2) is 4.79 Å². The van der Waals surface area contributed by atoms with Crippen molar-refractivity contribution < 1.29 is 9.53 Å². The minimum absolute atomic E-state index is 0. The molecule has 1 aliphatic carbocycles. The molecule has 0 atom stereocenters. The second kappa shape index (κ2) is 13.0. The van der Waals surface area contributed by atoms with E-state index in [4.69, 9.17) is 9.73 Å². The molecular weight excluding hydrogens is 493 g/mol. The first kappa shape index (κ1) is 26.5. The Morgan fingerprint density at radius 2 is 1.83 bits per heavy atom. The number of nitrogens with one attached hydrogen (secondary N) is 3. The van der Waals surface area contributed by atoms with Gasteiger partial charge in [0, 0.05) is 37.6 Å². The van der Waals surface area contributed by atoms with Crippen LogP contribution in [-0.2, 0) is 11.2 Å². The number of carbonyl (C=O) groups is 1. The molecule has 0 spiro atoms. The van der Waals surface area contributed by atoms with Crippen molar-refractivity contribution in [1.29, 1.82) is 0 Å². The quantitative estimate of drug-likeness (QED) is 0.294. The van der Waals surface area contributed by atoms with Gasteiger partial charge in [0.1, 0.15) is 5.60 Å². The summed E-state index contributed by atoms with van der Waals surface area (Å²) < 4.78 is 5.35. The van der Waals surface area contributed by atoms with Gasteiger partial charge in [-0.2, -0.15) is 0 Å². The number of aromatic nitrogens is 1. The molecule has 1 amide bonds. The number of ether oxygens (including phenoxy) is 1. The molecule has 0 bridgehead atoms. The fourth-order valence-electron chi connectivity index (χ4n) is 3.44. The number of nitrogens with zero attached hydrogens (tertiary/aromatic N) is 2. The molecule has 2 rings (SSSR count). The van der Waals surface area contributed by atoms with Gasteiger partial charge in [-0.3, -0.25) is 9.98 Å². The molecule has 0 unspecified atom stereocenters. The number of aliphatic imine (C=N–C) groups is 1. The summed E-state index contributed by atoms with van der Waals surface area (Å²) in [6, 6.07) is 2.61. The van der Waals surface area contributed by atoms with Crippen molar-refractivity contribution in [3.63, 3.8) is 0 Å². The van der Waals surface area contributed by atoms with Crippen LogP contribution in [0.4, 0.5) is 4.79 Å². The molecule has 0 aliphatic heterocycles. The van der Waals surface area contributed by atoms with Crippen LogP contribution >= 0.6 is 24.0 Å². The molecular formula is C22H38IN5O2. The number of pyridine rings is 1. The number of halogens is 1. The summed E-state index contributed by atoms with van der Waals surface area (Å²) in [5.74, 6) is 0.864. The van der Waals surface area contributed by atoms with E-state index in [1.165, 1.54) is 11.1 Å². The van der Waals surface area contributed by atoms with Gasteiger partial charge >= 0.3 is 6.09 Å². The normalized spacial score (nSPS) is 19.4. The number of alkyl carbamates (subject to hydrolysis) is 1. The molecule has 1 saturated carbocycles. The van der Waals surface area contributed by atoms with Crippen molar-refractivity contribution in [1.82, 2.24) is 20.9 Å². The second-order valence-electron chi connectivity index (χ2n) is 8.65. The van der Waals surface area contributed by atoms with E-state index in [2.05, 4.69) is 40.8 Å². The summed E-state index contributed by atoms with van der Waals surface area (Å²) in [4.78, 5) is 20.8. The SMILES string of the molecule is CCNC(=NCCc1ccncc1C)NC1CCC(NC(=O)OC(C)(C)C)CC1.I. The van der Waals surface area contributed by atoms with Crippen LogP contribution in [0.15, 0.2) is 23.5 Å². The van der Waals surface area contributed by atoms with Crippen LogP contribution in [0.5, 0.6) is 0 Å². The number of guanidine groups is 1. The molecule has 1 aromatic rings. The number of carbonyl (C=O) groups excluding carboxylic acids is 1. The maximum Gasteiger partial charge on any atom is 0.407 e. The van der Waals surface area contributed by atoms with Crippen LogP contribution in [0.25, 0.3) is 0 Å². The monoisotopic (exact) mass is 531 g/mol. The summed E-state index contributed by atoms with van der Waals surface area (Å²) in [5, 5.41) is 9.88. The number of hydrogen-bond donors (Lipinski definition) is 3. The average molecular weight is 531 g/mol. The molecule has 1 aromatic heterocycles. The van der Waals surface area contributed by atoms with Crippen molar-refractivity contribution in [2.45, 2.75) is 84.4 Å². The summed E-state index contributed by atoms with van der Waals surface area (Å²) in [7, 11) is 0. The predicted octanol–water partition coefficient (Wildman–Crippen LogP) is 3.94. The summed E-state index contributed by atoms with van der Waals surface area (Å²) >= 11 is 0. The van der Waals surface area contributed by atoms with Crippen molar-refractivity contribution in [3.8, 4) is 0 Å². The van der Waals surface area contributed by atoms with Gasteiger partial charge in [-0.1, -0.05) is 0 Å². The smallest absolute Gasteiger partial charge is 0.407 e. The van der Waals surface area contributed by atoms with E-state index >= 15 is 0 Å². The summed E-state index contributed by atoms with van der Waals surface area (Å²) in [5.41, 5.74) is 2.03. The zero-order valence-corrected chi connectivity index (χ0v) is 21.3. The fourth-order valence-corrected chi connectivity index (χ4v) is 3.44. The molecule has 8 heteroatoms. The predicted molar refractivity (Wildman–Crippen MR) is 133 cm³/mol. The maximum atomic E-state index is 11.9. The lowest BCUT2D eigenvalue weighted by Gasteiger charge is -2.31. The number of rotatable bonds is 6. The Morgan fingerprint density at radius 3 is 2.40 bits per heavy atom. The lowest BCUT2D eigenvalue weighted by Crippen LogP contribution is -2.48. The standard InChI is InChI=1S/C22H37N5O2.HI/c1-6-24-20(25-14-12-17-11-13-23-15-16(17)2)26-18-7-9-19(10-8-18)27-21(28)29-22(3,4)5;/h11,13,15,18-19H,6-10,12,14H2,1-5H3,(H,27,28)(H2,24,25,26);1H. The minimum atomic E-state index is -0.463. The highest BCUT2D eigenvalue weighted by Crippen LogP contribution is 2.19. The van der Waals surface area contributed by atoms with E-state index in [9.17, 15) is 4.79 Å². The van der Waals surface area contributed by atoms with Gasteiger partial charge < -0.3 is 20.7 Å². The Hall–Kier alpha value is -1.58. The average Bonchev–Trinajstić information content (AvgIpc) is 2.63. The fraction of sp³-hybridized carbons (Fsp3) is 0.682. The van der Waals surface area contributed by atoms with E-state index in [1.807, 2.05) is 33.2 Å². The molecule has 0 radical (unpaired) electrons. The highest BCUT2D eigenvalue weighted by atomic mass is 127. The Labute approximate surface area is 198 Å². The van der Waals surface area contributed by atoms with Crippen LogP contribution in [0, 0.1) is 6.92 Å². The first-order valence-electron chi connectivity index (χ1n) is 10.7. The van der Waals surface area contributed by atoms with Gasteiger partial charge in [0.15, 0.2) is 5.96 Å². The van der Waals surface area contributed by atoms with E-state index < -0.39 is 5.60 Å². The van der Waals surface area contributed by atoms with Gasteiger partial charge in [-0.15, -0.1) is 24.0 Å². The Morgan fingerprint density at radius 1 is 1.20 bits per heavy atom. The molecule has 7 nitrogen and oxygen atoms in total. The molecule has 3 N–H and O–H groups in total. The lowest BCUT2D eigenvalue weighted by atomic mass is 9.91. The van der Waals surface area contributed by atoms with Crippen molar-refractivity contribution in [2.75, 3.05) is 13.1 Å². The molecule has 1 fully saturated rings. The molecule has 30 heavy (non-hydrogen) atoms. The van der Waals surface area contributed by atoms with Crippen molar-refractivity contribution in [3.05, 3.63) is 29.6 Å². The maximum absolute atomic E-state index is 11.9. The number of amides is 1. The Balaban J connectivity index is 0.00000450. The largest absolute Gasteiger partial charge is 0.444 e.